The molecule has 0 saturated carbocycles. The fourth-order valence-corrected chi connectivity index (χ4v) is 2.44. The number of amides is 2. The van der Waals surface area contributed by atoms with Crippen LogP contribution in [0.1, 0.15) is 17.3 Å². The number of rotatable bonds is 7. The first-order valence-corrected chi connectivity index (χ1v) is 8.39. The van der Waals surface area contributed by atoms with Gasteiger partial charge >= 0.3 is 0 Å². The Balaban J connectivity index is 2.11. The quantitative estimate of drug-likeness (QED) is 0.687. The highest BCUT2D eigenvalue weighted by molar-refractivity contribution is 9.10. The van der Waals surface area contributed by atoms with Crippen LogP contribution in [0, 0.1) is 0 Å². The Morgan fingerprint density at radius 2 is 1.64 bits per heavy atom. The molecule has 2 amide bonds. The minimum atomic E-state index is -0.291. The molecule has 2 N–H and O–H groups in total. The van der Waals surface area contributed by atoms with Crippen LogP contribution in [-0.2, 0) is 9.53 Å². The Bertz CT molecular complexity index is 747. The van der Waals surface area contributed by atoms with Crippen LogP contribution >= 0.6 is 15.9 Å². The average Bonchev–Trinajstić information content (AvgIpc) is 2.57. The van der Waals surface area contributed by atoms with Gasteiger partial charge < -0.3 is 20.1 Å². The number of anilines is 2. The molecule has 0 bridgehead atoms. The van der Waals surface area contributed by atoms with E-state index in [9.17, 15) is 9.59 Å². The first-order chi connectivity index (χ1) is 12.0. The topological polar surface area (TPSA) is 76.7 Å². The molecule has 0 unspecified atom stereocenters. The SMILES string of the molecule is COCCOc1ccc(Br)cc1C(=O)Nc1ccc(NC(C)=O)cc1. The summed E-state index contributed by atoms with van der Waals surface area (Å²) in [5, 5.41) is 5.49. The van der Waals surface area contributed by atoms with Crippen LogP contribution in [0.2, 0.25) is 0 Å². The van der Waals surface area contributed by atoms with E-state index in [4.69, 9.17) is 9.47 Å². The Hall–Kier alpha value is -2.38. The maximum atomic E-state index is 12.6. The first-order valence-electron chi connectivity index (χ1n) is 7.60. The zero-order valence-corrected chi connectivity index (χ0v) is 15.6. The molecular weight excluding hydrogens is 388 g/mol. The van der Waals surface area contributed by atoms with Crippen LogP contribution in [-0.4, -0.2) is 32.1 Å². The smallest absolute Gasteiger partial charge is 0.259 e. The Kier molecular flexibility index (Phi) is 6.97. The highest BCUT2D eigenvalue weighted by Crippen LogP contribution is 2.25. The fraction of sp³-hybridized carbons (Fsp3) is 0.222. The van der Waals surface area contributed by atoms with Crippen molar-refractivity contribution < 1.29 is 19.1 Å². The third kappa shape index (κ3) is 5.88. The van der Waals surface area contributed by atoms with E-state index in [-0.39, 0.29) is 11.8 Å². The van der Waals surface area contributed by atoms with Gasteiger partial charge in [0.15, 0.2) is 0 Å². The molecule has 2 aromatic carbocycles. The lowest BCUT2D eigenvalue weighted by Crippen LogP contribution is -2.15. The Morgan fingerprint density at radius 3 is 2.24 bits per heavy atom. The summed E-state index contributed by atoms with van der Waals surface area (Å²) in [6, 6.07) is 12.1. The van der Waals surface area contributed by atoms with Crippen molar-refractivity contribution in [3.05, 3.63) is 52.5 Å². The Labute approximate surface area is 154 Å². The Morgan fingerprint density at radius 1 is 1.00 bits per heavy atom. The number of methoxy groups -OCH3 is 1. The number of carbonyl (C=O) groups excluding carboxylic acids is 2. The fourth-order valence-electron chi connectivity index (χ4n) is 2.08. The second kappa shape index (κ2) is 9.19. The molecule has 0 aromatic heterocycles. The van der Waals surface area contributed by atoms with Gasteiger partial charge in [0, 0.05) is 29.9 Å². The van der Waals surface area contributed by atoms with Crippen molar-refractivity contribution in [3.8, 4) is 5.75 Å². The van der Waals surface area contributed by atoms with Crippen molar-refractivity contribution >= 4 is 39.1 Å². The molecule has 2 aromatic rings. The number of benzene rings is 2. The van der Waals surface area contributed by atoms with E-state index in [0.29, 0.717) is 35.9 Å². The summed E-state index contributed by atoms with van der Waals surface area (Å²) in [5.41, 5.74) is 1.69. The largest absolute Gasteiger partial charge is 0.490 e. The van der Waals surface area contributed by atoms with E-state index in [1.807, 2.05) is 0 Å². The van der Waals surface area contributed by atoms with Crippen molar-refractivity contribution in [2.24, 2.45) is 0 Å². The molecule has 0 aliphatic heterocycles. The van der Waals surface area contributed by atoms with Crippen LogP contribution in [0.15, 0.2) is 46.9 Å². The standard InChI is InChI=1S/C18H19BrN2O4/c1-12(22)20-14-4-6-15(7-5-14)21-18(23)16-11-13(19)3-8-17(16)25-10-9-24-2/h3-8,11H,9-10H2,1-2H3,(H,20,22)(H,21,23). The summed E-state index contributed by atoms with van der Waals surface area (Å²) in [7, 11) is 1.59. The van der Waals surface area contributed by atoms with Gasteiger partial charge in [0.05, 0.1) is 12.2 Å². The van der Waals surface area contributed by atoms with Crippen molar-refractivity contribution in [1.82, 2.24) is 0 Å². The highest BCUT2D eigenvalue weighted by Gasteiger charge is 2.14. The molecule has 0 aliphatic carbocycles. The normalized spacial score (nSPS) is 10.2. The van der Waals surface area contributed by atoms with Gasteiger partial charge in [0.25, 0.3) is 5.91 Å². The lowest BCUT2D eigenvalue weighted by atomic mass is 10.1. The minimum Gasteiger partial charge on any atom is -0.490 e. The third-order valence-corrected chi connectivity index (χ3v) is 3.69. The van der Waals surface area contributed by atoms with Crippen LogP contribution < -0.4 is 15.4 Å². The van der Waals surface area contributed by atoms with E-state index in [0.717, 1.165) is 4.47 Å². The molecule has 25 heavy (non-hydrogen) atoms. The van der Waals surface area contributed by atoms with Gasteiger partial charge in [-0.15, -0.1) is 0 Å². The van der Waals surface area contributed by atoms with E-state index < -0.39 is 0 Å². The lowest BCUT2D eigenvalue weighted by molar-refractivity contribution is -0.114. The van der Waals surface area contributed by atoms with Gasteiger partial charge in [0.1, 0.15) is 12.4 Å². The van der Waals surface area contributed by atoms with Crippen LogP contribution in [0.5, 0.6) is 5.75 Å². The molecule has 6 nitrogen and oxygen atoms in total. The summed E-state index contributed by atoms with van der Waals surface area (Å²) in [4.78, 5) is 23.6. The summed E-state index contributed by atoms with van der Waals surface area (Å²) in [5.74, 6) is 0.0392. The number of carbonyl (C=O) groups is 2. The number of hydrogen-bond acceptors (Lipinski definition) is 4. The number of ether oxygens (including phenoxy) is 2. The monoisotopic (exact) mass is 406 g/mol. The van der Waals surface area contributed by atoms with Crippen molar-refractivity contribution in [2.75, 3.05) is 31.0 Å². The van der Waals surface area contributed by atoms with Gasteiger partial charge in [-0.3, -0.25) is 9.59 Å². The van der Waals surface area contributed by atoms with Gasteiger partial charge in [-0.2, -0.15) is 0 Å². The molecule has 2 rings (SSSR count). The van der Waals surface area contributed by atoms with Crippen molar-refractivity contribution in [2.45, 2.75) is 6.92 Å². The summed E-state index contributed by atoms with van der Waals surface area (Å²) >= 11 is 3.36. The highest BCUT2D eigenvalue weighted by atomic mass is 79.9. The molecule has 0 radical (unpaired) electrons. The van der Waals surface area contributed by atoms with Crippen LogP contribution in [0.4, 0.5) is 11.4 Å². The van der Waals surface area contributed by atoms with Gasteiger partial charge in [0.2, 0.25) is 5.91 Å². The zero-order chi connectivity index (χ0) is 18.2. The predicted molar refractivity (Wildman–Crippen MR) is 100 cm³/mol. The average molecular weight is 407 g/mol. The van der Waals surface area contributed by atoms with Gasteiger partial charge in [-0.1, -0.05) is 15.9 Å². The summed E-state index contributed by atoms with van der Waals surface area (Å²) in [6.45, 7) is 2.22. The maximum absolute atomic E-state index is 12.6. The second-order valence-corrected chi connectivity index (χ2v) is 6.11. The van der Waals surface area contributed by atoms with Crippen LogP contribution in [0.25, 0.3) is 0 Å². The van der Waals surface area contributed by atoms with Gasteiger partial charge in [-0.25, -0.2) is 0 Å². The second-order valence-electron chi connectivity index (χ2n) is 5.19. The molecule has 0 aliphatic rings. The summed E-state index contributed by atoms with van der Waals surface area (Å²) < 4.78 is 11.3. The number of hydrogen-bond donors (Lipinski definition) is 2. The van der Waals surface area contributed by atoms with Crippen molar-refractivity contribution in [3.63, 3.8) is 0 Å². The molecule has 132 valence electrons. The van der Waals surface area contributed by atoms with Crippen molar-refractivity contribution in [1.29, 1.82) is 0 Å². The zero-order valence-electron chi connectivity index (χ0n) is 14.0. The number of nitrogens with one attached hydrogen (secondary N) is 2. The van der Waals surface area contributed by atoms with E-state index >= 15 is 0 Å². The first kappa shape index (κ1) is 19.0. The van der Waals surface area contributed by atoms with E-state index in [1.165, 1.54) is 6.92 Å². The van der Waals surface area contributed by atoms with Gasteiger partial charge in [-0.05, 0) is 42.5 Å². The lowest BCUT2D eigenvalue weighted by Gasteiger charge is -2.12. The van der Waals surface area contributed by atoms with E-state index in [2.05, 4.69) is 26.6 Å². The molecule has 0 fully saturated rings. The van der Waals surface area contributed by atoms with E-state index in [1.54, 1.807) is 49.6 Å². The molecule has 0 saturated heterocycles. The molecule has 7 heteroatoms. The third-order valence-electron chi connectivity index (χ3n) is 3.19. The molecule has 0 heterocycles. The van der Waals surface area contributed by atoms with Crippen LogP contribution in [0.3, 0.4) is 0 Å². The maximum Gasteiger partial charge on any atom is 0.259 e. The minimum absolute atomic E-state index is 0.149. The molecule has 0 atom stereocenters. The summed E-state index contributed by atoms with van der Waals surface area (Å²) in [6.07, 6.45) is 0. The number of halogens is 1. The molecule has 0 spiro atoms. The predicted octanol–water partition coefficient (Wildman–Crippen LogP) is 3.69. The molecular formula is C18H19BrN2O4.